The molecule has 0 saturated carbocycles. The number of rotatable bonds is 4. The molecule has 0 unspecified atom stereocenters. The smallest absolute Gasteiger partial charge is 0.269 e. The maximum Gasteiger partial charge on any atom is 0.269 e. The lowest BCUT2D eigenvalue weighted by Crippen LogP contribution is -2.44. The molecule has 4 aromatic rings. The number of piperazine rings is 1. The molecule has 2 N–H and O–H groups in total. The van der Waals surface area contributed by atoms with Crippen LogP contribution in [0.2, 0.25) is 0 Å². The molecule has 0 spiro atoms. The highest BCUT2D eigenvalue weighted by atomic mass is 16.6. The van der Waals surface area contributed by atoms with Gasteiger partial charge >= 0.3 is 0 Å². The number of nitro benzene ring substituents is 1. The number of nitro groups is 1. The van der Waals surface area contributed by atoms with Gasteiger partial charge in [-0.2, -0.15) is 9.61 Å². The average Bonchev–Trinajstić information content (AvgIpc) is 3.24. The van der Waals surface area contributed by atoms with Crippen LogP contribution in [0.4, 0.5) is 17.2 Å². The third-order valence-corrected chi connectivity index (χ3v) is 6.28. The fourth-order valence-corrected chi connectivity index (χ4v) is 4.36. The van der Waals surface area contributed by atoms with Crippen molar-refractivity contribution in [2.24, 2.45) is 0 Å². The molecule has 9 nitrogen and oxygen atoms in total. The summed E-state index contributed by atoms with van der Waals surface area (Å²) in [4.78, 5) is 20.1. The van der Waals surface area contributed by atoms with Crippen molar-refractivity contribution in [3.05, 3.63) is 70.5 Å². The van der Waals surface area contributed by atoms with Gasteiger partial charge < -0.3 is 15.5 Å². The van der Waals surface area contributed by atoms with Gasteiger partial charge in [0.05, 0.1) is 16.8 Å². The van der Waals surface area contributed by atoms with Crippen molar-refractivity contribution in [3.63, 3.8) is 0 Å². The Bertz CT molecular complexity index is 1320. The normalized spacial score (nSPS) is 14.7. The number of benzene rings is 2. The number of nitrogen functional groups attached to an aromatic ring is 1. The Hall–Kier alpha value is -3.98. The topological polar surface area (TPSA) is 106 Å². The van der Waals surface area contributed by atoms with Crippen molar-refractivity contribution in [3.8, 4) is 22.3 Å². The minimum Gasteiger partial charge on any atom is -0.383 e. The number of nitrogens with zero attached hydrogens (tertiary/aromatic N) is 6. The van der Waals surface area contributed by atoms with Crippen LogP contribution in [0.1, 0.15) is 5.69 Å². The first-order valence-electron chi connectivity index (χ1n) is 10.8. The van der Waals surface area contributed by atoms with E-state index in [-0.39, 0.29) is 5.69 Å². The van der Waals surface area contributed by atoms with Crippen LogP contribution < -0.4 is 10.6 Å². The molecule has 9 heteroatoms. The maximum absolute atomic E-state index is 11.0. The van der Waals surface area contributed by atoms with E-state index in [1.54, 1.807) is 22.8 Å². The van der Waals surface area contributed by atoms with Crippen molar-refractivity contribution >= 4 is 22.8 Å². The predicted molar refractivity (Wildman–Crippen MR) is 129 cm³/mol. The summed E-state index contributed by atoms with van der Waals surface area (Å²) in [6, 6.07) is 14.8. The maximum atomic E-state index is 11.0. The number of anilines is 2. The van der Waals surface area contributed by atoms with E-state index in [1.165, 1.54) is 17.8 Å². The first-order valence-corrected chi connectivity index (χ1v) is 10.8. The van der Waals surface area contributed by atoms with Crippen molar-refractivity contribution in [1.82, 2.24) is 19.5 Å². The molecule has 3 heterocycles. The van der Waals surface area contributed by atoms with Gasteiger partial charge in [-0.05, 0) is 49.4 Å². The molecule has 5 rings (SSSR count). The van der Waals surface area contributed by atoms with E-state index in [0.29, 0.717) is 11.5 Å². The third kappa shape index (κ3) is 3.76. The van der Waals surface area contributed by atoms with Crippen LogP contribution in [0.3, 0.4) is 0 Å². The van der Waals surface area contributed by atoms with Gasteiger partial charge in [0.1, 0.15) is 5.82 Å². The van der Waals surface area contributed by atoms with E-state index in [2.05, 4.69) is 46.2 Å². The minimum absolute atomic E-state index is 0.0328. The van der Waals surface area contributed by atoms with Crippen molar-refractivity contribution in [2.45, 2.75) is 6.92 Å². The average molecular weight is 444 g/mol. The van der Waals surface area contributed by atoms with Crippen molar-refractivity contribution in [1.29, 1.82) is 0 Å². The lowest BCUT2D eigenvalue weighted by Gasteiger charge is -2.34. The van der Waals surface area contributed by atoms with E-state index < -0.39 is 4.92 Å². The van der Waals surface area contributed by atoms with Crippen LogP contribution in [-0.2, 0) is 0 Å². The number of aryl methyl sites for hydroxylation is 1. The van der Waals surface area contributed by atoms with E-state index in [1.807, 2.05) is 6.92 Å². The number of hydrogen-bond acceptors (Lipinski definition) is 7. The molecule has 2 aromatic carbocycles. The molecule has 0 aliphatic carbocycles. The third-order valence-electron chi connectivity index (χ3n) is 6.28. The lowest BCUT2D eigenvalue weighted by molar-refractivity contribution is -0.384. The summed E-state index contributed by atoms with van der Waals surface area (Å²) in [5.41, 5.74) is 12.6. The number of fused-ring (bicyclic) bond motifs is 1. The fourth-order valence-electron chi connectivity index (χ4n) is 4.36. The summed E-state index contributed by atoms with van der Waals surface area (Å²) < 4.78 is 1.63. The van der Waals surface area contributed by atoms with Gasteiger partial charge in [-0.25, -0.2) is 4.98 Å². The molecule has 0 radical (unpaired) electrons. The summed E-state index contributed by atoms with van der Waals surface area (Å²) in [5.74, 6) is 0.451. The van der Waals surface area contributed by atoms with Gasteiger partial charge in [0.2, 0.25) is 0 Å². The van der Waals surface area contributed by atoms with Crippen molar-refractivity contribution in [2.75, 3.05) is 43.9 Å². The second-order valence-corrected chi connectivity index (χ2v) is 8.39. The van der Waals surface area contributed by atoms with Gasteiger partial charge in [-0.3, -0.25) is 10.1 Å². The highest BCUT2D eigenvalue weighted by molar-refractivity contribution is 5.84. The lowest BCUT2D eigenvalue weighted by atomic mass is 10.0. The molecule has 0 atom stereocenters. The van der Waals surface area contributed by atoms with Crippen LogP contribution in [0.5, 0.6) is 0 Å². The zero-order valence-electron chi connectivity index (χ0n) is 18.6. The van der Waals surface area contributed by atoms with Crippen LogP contribution in [0.15, 0.2) is 54.7 Å². The molecule has 168 valence electrons. The Balaban J connectivity index is 1.49. The second kappa shape index (κ2) is 8.18. The second-order valence-electron chi connectivity index (χ2n) is 8.39. The Morgan fingerprint density at radius 2 is 1.61 bits per heavy atom. The van der Waals surface area contributed by atoms with E-state index >= 15 is 0 Å². The number of aromatic nitrogens is 3. The predicted octanol–water partition coefficient (Wildman–Crippen LogP) is 3.61. The number of nitrogens with two attached hydrogens (primary N) is 1. The number of likely N-dealkylation sites (N-methyl/N-ethyl adjacent to an activating group) is 1. The van der Waals surface area contributed by atoms with Crippen LogP contribution >= 0.6 is 0 Å². The standard InChI is InChI=1S/C24H25N7O2/c1-16-22(18-5-9-20(10-6-18)31(32)33)23(25)30-24(27-16)21(15-26-30)17-3-7-19(8-4-17)29-13-11-28(2)12-14-29/h3-10,15H,11-14,25H2,1-2H3. The molecule has 1 fully saturated rings. The van der Waals surface area contributed by atoms with Crippen molar-refractivity contribution < 1.29 is 4.92 Å². The summed E-state index contributed by atoms with van der Waals surface area (Å²) in [5, 5.41) is 15.5. The Labute approximate surface area is 191 Å². The van der Waals surface area contributed by atoms with Gasteiger partial charge in [-0.1, -0.05) is 12.1 Å². The molecule has 1 aliphatic heterocycles. The fraction of sp³-hybridized carbons (Fsp3) is 0.250. The van der Waals surface area contributed by atoms with E-state index in [9.17, 15) is 10.1 Å². The summed E-state index contributed by atoms with van der Waals surface area (Å²) in [6.07, 6.45) is 1.78. The zero-order valence-corrected chi connectivity index (χ0v) is 18.6. The Kier molecular flexibility index (Phi) is 5.18. The highest BCUT2D eigenvalue weighted by Gasteiger charge is 2.19. The summed E-state index contributed by atoms with van der Waals surface area (Å²) in [6.45, 7) is 6.07. The van der Waals surface area contributed by atoms with Crippen LogP contribution in [0.25, 0.3) is 27.9 Å². The van der Waals surface area contributed by atoms with Gasteiger partial charge in [0.25, 0.3) is 5.69 Å². The SMILES string of the molecule is Cc1nc2c(-c3ccc(N4CCN(C)CC4)cc3)cnn2c(N)c1-c1ccc([N+](=O)[O-])cc1. The molecular weight excluding hydrogens is 418 g/mol. The molecule has 1 aliphatic rings. The van der Waals surface area contributed by atoms with E-state index in [0.717, 1.165) is 54.1 Å². The Morgan fingerprint density at radius 1 is 0.970 bits per heavy atom. The van der Waals surface area contributed by atoms with Gasteiger partial charge in [-0.15, -0.1) is 0 Å². The number of hydrogen-bond donors (Lipinski definition) is 1. The van der Waals surface area contributed by atoms with Gasteiger partial charge in [0, 0.05) is 55.1 Å². The molecule has 0 bridgehead atoms. The monoisotopic (exact) mass is 443 g/mol. The zero-order chi connectivity index (χ0) is 23.1. The molecule has 1 saturated heterocycles. The first-order chi connectivity index (χ1) is 15.9. The molecular formula is C24H25N7O2. The van der Waals surface area contributed by atoms with Crippen LogP contribution in [-0.4, -0.2) is 57.6 Å². The quantitative estimate of drug-likeness (QED) is 0.379. The van der Waals surface area contributed by atoms with E-state index in [4.69, 9.17) is 10.7 Å². The summed E-state index contributed by atoms with van der Waals surface area (Å²) in [7, 11) is 2.15. The van der Waals surface area contributed by atoms with Crippen LogP contribution in [0, 0.1) is 17.0 Å². The van der Waals surface area contributed by atoms with Gasteiger partial charge in [0.15, 0.2) is 5.65 Å². The minimum atomic E-state index is -0.420. The number of non-ortho nitro benzene ring substituents is 1. The first kappa shape index (κ1) is 20.9. The molecule has 33 heavy (non-hydrogen) atoms. The molecule has 0 amide bonds. The highest BCUT2D eigenvalue weighted by Crippen LogP contribution is 2.33. The Morgan fingerprint density at radius 3 is 2.24 bits per heavy atom. The molecule has 2 aromatic heterocycles. The summed E-state index contributed by atoms with van der Waals surface area (Å²) >= 11 is 0. The largest absolute Gasteiger partial charge is 0.383 e.